The summed E-state index contributed by atoms with van der Waals surface area (Å²) in [6, 6.07) is 15.4. The van der Waals surface area contributed by atoms with E-state index in [4.69, 9.17) is 0 Å². The van der Waals surface area contributed by atoms with E-state index < -0.39 is 0 Å². The number of anilines is 3. The van der Waals surface area contributed by atoms with E-state index in [0.29, 0.717) is 28.5 Å². The Morgan fingerprint density at radius 3 is 2.54 bits per heavy atom. The number of rotatable bonds is 3. The molecule has 3 aromatic heterocycles. The second kappa shape index (κ2) is 6.00. The number of fused-ring (bicyclic) bond motifs is 1. The molecule has 24 heavy (non-hydrogen) atoms. The molecule has 0 amide bonds. The van der Waals surface area contributed by atoms with E-state index in [1.54, 1.807) is 35.6 Å². The lowest BCUT2D eigenvalue weighted by Crippen LogP contribution is -2.14. The second-order valence-electron chi connectivity index (χ2n) is 5.08. The fourth-order valence-electron chi connectivity index (χ4n) is 2.42. The molecule has 0 saturated carbocycles. The molecule has 3 heterocycles. The molecule has 0 N–H and O–H groups in total. The van der Waals surface area contributed by atoms with Crippen molar-refractivity contribution in [3.8, 4) is 0 Å². The van der Waals surface area contributed by atoms with E-state index in [0.717, 1.165) is 0 Å². The van der Waals surface area contributed by atoms with Crippen LogP contribution in [0.3, 0.4) is 0 Å². The van der Waals surface area contributed by atoms with Crippen LogP contribution in [0.2, 0.25) is 0 Å². The number of aromatic nitrogens is 4. The molecule has 0 spiro atoms. The van der Waals surface area contributed by atoms with Gasteiger partial charge in [0.25, 0.3) is 0 Å². The average molecular weight is 317 g/mol. The summed E-state index contributed by atoms with van der Waals surface area (Å²) in [5.74, 6) is 0.669. The van der Waals surface area contributed by atoms with Gasteiger partial charge < -0.3 is 0 Å². The van der Waals surface area contributed by atoms with Gasteiger partial charge in [0.2, 0.25) is 5.95 Å². The van der Waals surface area contributed by atoms with Gasteiger partial charge >= 0.3 is 0 Å². The zero-order valence-corrected chi connectivity index (χ0v) is 12.5. The van der Waals surface area contributed by atoms with Crippen molar-refractivity contribution >= 4 is 28.5 Å². The predicted octanol–water partition coefficient (Wildman–Crippen LogP) is 4.03. The van der Waals surface area contributed by atoms with Crippen LogP contribution in [-0.2, 0) is 0 Å². The van der Waals surface area contributed by atoms with Crippen LogP contribution in [0.25, 0.3) is 11.0 Å². The monoisotopic (exact) mass is 317 g/mol. The lowest BCUT2D eigenvalue weighted by Gasteiger charge is -2.21. The number of halogens is 1. The fraction of sp³-hybridized carbons (Fsp3) is 0. The van der Waals surface area contributed by atoms with Gasteiger partial charge in [-0.15, -0.1) is 0 Å². The van der Waals surface area contributed by atoms with E-state index in [2.05, 4.69) is 19.9 Å². The van der Waals surface area contributed by atoms with E-state index in [9.17, 15) is 4.39 Å². The van der Waals surface area contributed by atoms with Crippen molar-refractivity contribution in [2.24, 2.45) is 0 Å². The molecule has 0 radical (unpaired) electrons. The Bertz CT molecular complexity index is 990. The Labute approximate surface area is 137 Å². The molecule has 0 aliphatic carbocycles. The van der Waals surface area contributed by atoms with Gasteiger partial charge in [-0.1, -0.05) is 12.1 Å². The SMILES string of the molecule is Fc1cccc(N(c2ccccn2)c2ncc3ncccc3n2)c1. The summed E-state index contributed by atoms with van der Waals surface area (Å²) in [7, 11) is 0. The lowest BCUT2D eigenvalue weighted by atomic mass is 10.2. The van der Waals surface area contributed by atoms with Crippen molar-refractivity contribution in [2.75, 3.05) is 4.90 Å². The number of hydrogen-bond acceptors (Lipinski definition) is 5. The first-order valence-electron chi connectivity index (χ1n) is 7.36. The topological polar surface area (TPSA) is 54.8 Å². The standard InChI is InChI=1S/C18H12FN5/c19-13-5-3-6-14(11-13)24(17-8-1-2-9-21-17)18-22-12-16-15(23-18)7-4-10-20-16/h1-12H. The molecule has 0 aliphatic rings. The minimum absolute atomic E-state index is 0.337. The predicted molar refractivity (Wildman–Crippen MR) is 89.8 cm³/mol. The van der Waals surface area contributed by atoms with Crippen molar-refractivity contribution in [3.63, 3.8) is 0 Å². The highest BCUT2D eigenvalue weighted by Crippen LogP contribution is 2.31. The van der Waals surface area contributed by atoms with Crippen molar-refractivity contribution in [1.29, 1.82) is 0 Å². The molecule has 0 bridgehead atoms. The molecule has 4 rings (SSSR count). The van der Waals surface area contributed by atoms with Gasteiger partial charge in [0.1, 0.15) is 17.2 Å². The Kier molecular flexibility index (Phi) is 3.55. The smallest absolute Gasteiger partial charge is 0.236 e. The van der Waals surface area contributed by atoms with Gasteiger partial charge in [-0.05, 0) is 42.5 Å². The lowest BCUT2D eigenvalue weighted by molar-refractivity contribution is 0.628. The third kappa shape index (κ3) is 2.65. The molecule has 4 aromatic rings. The minimum atomic E-state index is -0.337. The number of nitrogens with zero attached hydrogens (tertiary/aromatic N) is 5. The van der Waals surface area contributed by atoms with Crippen LogP contribution in [0.15, 0.2) is 73.2 Å². The van der Waals surface area contributed by atoms with E-state index >= 15 is 0 Å². The highest BCUT2D eigenvalue weighted by molar-refractivity contribution is 5.77. The molecular formula is C18H12FN5. The van der Waals surface area contributed by atoms with Gasteiger partial charge in [-0.2, -0.15) is 0 Å². The summed E-state index contributed by atoms with van der Waals surface area (Å²) < 4.78 is 13.7. The molecule has 0 atom stereocenters. The number of benzene rings is 1. The molecule has 116 valence electrons. The Hall–Kier alpha value is -3.41. The van der Waals surface area contributed by atoms with Gasteiger partial charge in [-0.3, -0.25) is 9.88 Å². The van der Waals surface area contributed by atoms with Crippen LogP contribution < -0.4 is 4.90 Å². The van der Waals surface area contributed by atoms with E-state index in [1.165, 1.54) is 12.1 Å². The molecule has 0 unspecified atom stereocenters. The summed E-state index contributed by atoms with van der Waals surface area (Å²) in [4.78, 5) is 19.2. The van der Waals surface area contributed by atoms with Crippen LogP contribution in [0.5, 0.6) is 0 Å². The van der Waals surface area contributed by atoms with Gasteiger partial charge in [0.15, 0.2) is 0 Å². The van der Waals surface area contributed by atoms with Crippen LogP contribution in [0.4, 0.5) is 21.8 Å². The first kappa shape index (κ1) is 14.2. The van der Waals surface area contributed by atoms with Crippen molar-refractivity contribution < 1.29 is 4.39 Å². The van der Waals surface area contributed by atoms with E-state index in [-0.39, 0.29) is 5.82 Å². The van der Waals surface area contributed by atoms with Crippen molar-refractivity contribution in [1.82, 2.24) is 19.9 Å². The highest BCUT2D eigenvalue weighted by atomic mass is 19.1. The zero-order valence-electron chi connectivity index (χ0n) is 12.5. The molecular weight excluding hydrogens is 305 g/mol. The maximum Gasteiger partial charge on any atom is 0.236 e. The van der Waals surface area contributed by atoms with Gasteiger partial charge in [0, 0.05) is 12.4 Å². The highest BCUT2D eigenvalue weighted by Gasteiger charge is 2.17. The molecule has 0 saturated heterocycles. The summed E-state index contributed by atoms with van der Waals surface area (Å²) in [5.41, 5.74) is 2.00. The Morgan fingerprint density at radius 2 is 1.71 bits per heavy atom. The summed E-state index contributed by atoms with van der Waals surface area (Å²) in [6.45, 7) is 0. The molecule has 0 fully saturated rings. The molecule has 1 aromatic carbocycles. The molecule has 5 nitrogen and oxygen atoms in total. The summed E-state index contributed by atoms with van der Waals surface area (Å²) >= 11 is 0. The number of pyridine rings is 2. The summed E-state index contributed by atoms with van der Waals surface area (Å²) in [6.07, 6.45) is 5.01. The maximum atomic E-state index is 13.7. The normalized spacial score (nSPS) is 10.7. The zero-order chi connectivity index (χ0) is 16.4. The first-order chi connectivity index (χ1) is 11.8. The van der Waals surface area contributed by atoms with E-state index in [1.807, 2.05) is 30.3 Å². The quantitative estimate of drug-likeness (QED) is 0.571. The summed E-state index contributed by atoms with van der Waals surface area (Å²) in [5, 5.41) is 0. The van der Waals surface area contributed by atoms with Crippen molar-refractivity contribution in [2.45, 2.75) is 0 Å². The fourth-order valence-corrected chi connectivity index (χ4v) is 2.42. The van der Waals surface area contributed by atoms with Gasteiger partial charge in [0.05, 0.1) is 17.4 Å². The molecule has 0 aliphatic heterocycles. The van der Waals surface area contributed by atoms with Crippen LogP contribution in [0, 0.1) is 5.82 Å². The van der Waals surface area contributed by atoms with Crippen LogP contribution in [0.1, 0.15) is 0 Å². The number of hydrogen-bond donors (Lipinski definition) is 0. The van der Waals surface area contributed by atoms with Crippen LogP contribution >= 0.6 is 0 Å². The van der Waals surface area contributed by atoms with Crippen LogP contribution in [-0.4, -0.2) is 19.9 Å². The average Bonchev–Trinajstić information content (AvgIpc) is 2.63. The molecule has 6 heteroatoms. The second-order valence-corrected chi connectivity index (χ2v) is 5.08. The third-order valence-electron chi connectivity index (χ3n) is 3.48. The largest absolute Gasteiger partial charge is 0.263 e. The van der Waals surface area contributed by atoms with Crippen molar-refractivity contribution in [3.05, 3.63) is 79.0 Å². The third-order valence-corrected chi connectivity index (χ3v) is 3.48. The minimum Gasteiger partial charge on any atom is -0.263 e. The first-order valence-corrected chi connectivity index (χ1v) is 7.36. The van der Waals surface area contributed by atoms with Gasteiger partial charge in [-0.25, -0.2) is 19.3 Å². The Balaban J connectivity index is 1.91. The Morgan fingerprint density at radius 1 is 0.792 bits per heavy atom. The maximum absolute atomic E-state index is 13.7.